The molecule has 1 saturated heterocycles. The molecular formula is C15H19BrN2O2. The normalized spacial score (nSPS) is 34.2. The first-order chi connectivity index (χ1) is 9.37. The van der Waals surface area contributed by atoms with Crippen LogP contribution in [-0.2, 0) is 9.53 Å². The number of carbonyl (C=O) groups is 1. The van der Waals surface area contributed by atoms with Crippen molar-refractivity contribution in [3.05, 3.63) is 28.7 Å². The van der Waals surface area contributed by atoms with Gasteiger partial charge in [0.05, 0.1) is 6.10 Å². The Bertz CT molecular complexity index is 543. The smallest absolute Gasteiger partial charge is 0.245 e. The molecule has 1 aliphatic heterocycles. The molecule has 3 unspecified atom stereocenters. The predicted octanol–water partition coefficient (Wildman–Crippen LogP) is 2.53. The number of rotatable bonds is 2. The monoisotopic (exact) mass is 338 g/mol. The lowest BCUT2D eigenvalue weighted by atomic mass is 9.48. The van der Waals surface area contributed by atoms with Gasteiger partial charge in [0.15, 0.2) is 0 Å². The lowest BCUT2D eigenvalue weighted by Crippen LogP contribution is -2.79. The van der Waals surface area contributed by atoms with Gasteiger partial charge in [0, 0.05) is 28.1 Å². The van der Waals surface area contributed by atoms with Crippen molar-refractivity contribution in [3.63, 3.8) is 0 Å². The van der Waals surface area contributed by atoms with Gasteiger partial charge in [-0.1, -0.05) is 29.8 Å². The highest BCUT2D eigenvalue weighted by Crippen LogP contribution is 2.58. The van der Waals surface area contributed by atoms with Gasteiger partial charge in [-0.05, 0) is 30.7 Å². The quantitative estimate of drug-likeness (QED) is 0.870. The molecule has 2 aliphatic rings. The zero-order chi connectivity index (χ0) is 14.5. The molecule has 3 rings (SSSR count). The second-order valence-electron chi connectivity index (χ2n) is 6.24. The number of halogens is 1. The number of hydrogen-bond donors (Lipinski definition) is 2. The average Bonchev–Trinajstić information content (AvgIpc) is 2.88. The van der Waals surface area contributed by atoms with Crippen LogP contribution in [0.15, 0.2) is 28.7 Å². The van der Waals surface area contributed by atoms with Crippen molar-refractivity contribution < 1.29 is 9.53 Å². The Morgan fingerprint density at radius 1 is 1.40 bits per heavy atom. The van der Waals surface area contributed by atoms with E-state index >= 15 is 0 Å². The second kappa shape index (κ2) is 4.55. The summed E-state index contributed by atoms with van der Waals surface area (Å²) in [6.07, 6.45) is 0.960. The number of fused-ring (bicyclic) bond motifs is 1. The number of benzene rings is 1. The maximum atomic E-state index is 12.7. The summed E-state index contributed by atoms with van der Waals surface area (Å²) in [4.78, 5) is 12.7. The molecule has 0 bridgehead atoms. The molecule has 1 heterocycles. The topological polar surface area (TPSA) is 64.3 Å². The first kappa shape index (κ1) is 14.0. The van der Waals surface area contributed by atoms with Gasteiger partial charge >= 0.3 is 0 Å². The number of nitrogens with one attached hydrogen (secondary N) is 1. The molecule has 0 aromatic heterocycles. The van der Waals surface area contributed by atoms with Crippen LogP contribution in [0.3, 0.4) is 0 Å². The molecule has 4 nitrogen and oxygen atoms in total. The Morgan fingerprint density at radius 2 is 2.05 bits per heavy atom. The van der Waals surface area contributed by atoms with E-state index in [0.717, 1.165) is 16.6 Å². The van der Waals surface area contributed by atoms with Crippen molar-refractivity contribution in [1.82, 2.24) is 0 Å². The van der Waals surface area contributed by atoms with Crippen molar-refractivity contribution >= 4 is 27.5 Å². The van der Waals surface area contributed by atoms with E-state index in [9.17, 15) is 4.79 Å². The Morgan fingerprint density at radius 3 is 2.70 bits per heavy atom. The molecule has 20 heavy (non-hydrogen) atoms. The fourth-order valence-electron chi connectivity index (χ4n) is 3.61. The molecule has 108 valence electrons. The first-order valence-electron chi connectivity index (χ1n) is 6.85. The number of hydrogen-bond acceptors (Lipinski definition) is 3. The van der Waals surface area contributed by atoms with Gasteiger partial charge in [-0.25, -0.2) is 0 Å². The molecule has 1 aromatic carbocycles. The van der Waals surface area contributed by atoms with Crippen LogP contribution in [0, 0.1) is 11.3 Å². The minimum atomic E-state index is -0.860. The maximum Gasteiger partial charge on any atom is 0.245 e. The third-order valence-corrected chi connectivity index (χ3v) is 5.46. The highest BCUT2D eigenvalue weighted by Gasteiger charge is 2.71. The van der Waals surface area contributed by atoms with Crippen LogP contribution in [0.2, 0.25) is 0 Å². The predicted molar refractivity (Wildman–Crippen MR) is 81.3 cm³/mol. The summed E-state index contributed by atoms with van der Waals surface area (Å²) in [7, 11) is 0. The van der Waals surface area contributed by atoms with Gasteiger partial charge in [0.2, 0.25) is 5.91 Å². The fourth-order valence-corrected chi connectivity index (χ4v) is 3.88. The summed E-state index contributed by atoms with van der Waals surface area (Å²) in [5, 5.41) is 2.94. The molecule has 0 spiro atoms. The van der Waals surface area contributed by atoms with Gasteiger partial charge in [0.1, 0.15) is 5.54 Å². The van der Waals surface area contributed by atoms with E-state index in [1.54, 1.807) is 0 Å². The third kappa shape index (κ3) is 1.76. The summed E-state index contributed by atoms with van der Waals surface area (Å²) in [6.45, 7) is 4.73. The van der Waals surface area contributed by atoms with E-state index in [2.05, 4.69) is 21.2 Å². The van der Waals surface area contributed by atoms with Crippen molar-refractivity contribution in [2.45, 2.75) is 31.9 Å². The van der Waals surface area contributed by atoms with Crippen LogP contribution >= 0.6 is 15.9 Å². The number of anilines is 1. The van der Waals surface area contributed by atoms with Crippen LogP contribution in [0.25, 0.3) is 0 Å². The Hall–Kier alpha value is -0.910. The van der Waals surface area contributed by atoms with Crippen molar-refractivity contribution in [1.29, 1.82) is 0 Å². The van der Waals surface area contributed by atoms with Crippen LogP contribution in [0.5, 0.6) is 0 Å². The largest absolute Gasteiger partial charge is 0.377 e. The van der Waals surface area contributed by atoms with Gasteiger partial charge in [-0.15, -0.1) is 0 Å². The molecule has 1 amide bonds. The molecular weight excluding hydrogens is 320 g/mol. The summed E-state index contributed by atoms with van der Waals surface area (Å²) in [5.41, 5.74) is 6.05. The van der Waals surface area contributed by atoms with Gasteiger partial charge in [0.25, 0.3) is 0 Å². The zero-order valence-corrected chi connectivity index (χ0v) is 13.2. The Kier molecular flexibility index (Phi) is 3.19. The summed E-state index contributed by atoms with van der Waals surface area (Å²) in [6, 6.07) is 7.51. The number of ether oxygens (including phenoxy) is 1. The summed E-state index contributed by atoms with van der Waals surface area (Å²) < 4.78 is 6.69. The van der Waals surface area contributed by atoms with Crippen molar-refractivity contribution in [2.75, 3.05) is 11.9 Å². The lowest BCUT2D eigenvalue weighted by molar-refractivity contribution is -0.170. The fraction of sp³-hybridized carbons (Fsp3) is 0.533. The average molecular weight is 339 g/mol. The SMILES string of the molecule is CC1(C)C2OCCC2C1(N)C(=O)Nc1ccc(Br)cc1. The molecule has 5 heteroatoms. The molecule has 3 N–H and O–H groups in total. The molecule has 1 aromatic rings. The molecule has 1 aliphatic carbocycles. The van der Waals surface area contributed by atoms with Crippen LogP contribution in [0.4, 0.5) is 5.69 Å². The first-order valence-corrected chi connectivity index (χ1v) is 7.64. The van der Waals surface area contributed by atoms with E-state index in [0.29, 0.717) is 6.61 Å². The highest BCUT2D eigenvalue weighted by atomic mass is 79.9. The maximum absolute atomic E-state index is 12.7. The molecule has 2 fully saturated rings. The Balaban J connectivity index is 1.81. The number of carbonyl (C=O) groups excluding carboxylic acids is 1. The van der Waals surface area contributed by atoms with E-state index in [-0.39, 0.29) is 23.3 Å². The number of amides is 1. The van der Waals surface area contributed by atoms with Crippen LogP contribution in [-0.4, -0.2) is 24.2 Å². The van der Waals surface area contributed by atoms with E-state index in [1.807, 2.05) is 38.1 Å². The molecule has 0 radical (unpaired) electrons. The van der Waals surface area contributed by atoms with Gasteiger partial charge in [-0.3, -0.25) is 4.79 Å². The minimum Gasteiger partial charge on any atom is -0.377 e. The zero-order valence-electron chi connectivity index (χ0n) is 11.7. The lowest BCUT2D eigenvalue weighted by Gasteiger charge is -2.60. The second-order valence-corrected chi connectivity index (χ2v) is 7.15. The van der Waals surface area contributed by atoms with Crippen LogP contribution < -0.4 is 11.1 Å². The van der Waals surface area contributed by atoms with Crippen LogP contribution in [0.1, 0.15) is 20.3 Å². The molecule has 3 atom stereocenters. The van der Waals surface area contributed by atoms with E-state index < -0.39 is 5.54 Å². The Labute approximate surface area is 127 Å². The highest BCUT2D eigenvalue weighted by molar-refractivity contribution is 9.10. The van der Waals surface area contributed by atoms with E-state index in [4.69, 9.17) is 10.5 Å². The van der Waals surface area contributed by atoms with Crippen molar-refractivity contribution in [3.8, 4) is 0 Å². The van der Waals surface area contributed by atoms with Gasteiger partial charge < -0.3 is 15.8 Å². The number of nitrogens with two attached hydrogens (primary N) is 1. The van der Waals surface area contributed by atoms with E-state index in [1.165, 1.54) is 0 Å². The minimum absolute atomic E-state index is 0.100. The summed E-state index contributed by atoms with van der Waals surface area (Å²) in [5.74, 6) is 0.00419. The van der Waals surface area contributed by atoms with Gasteiger partial charge in [-0.2, -0.15) is 0 Å². The third-order valence-electron chi connectivity index (χ3n) is 4.93. The standard InChI is InChI=1S/C15H19BrN2O2/c1-14(2)12-11(7-8-20-12)15(14,17)13(19)18-10-5-3-9(16)4-6-10/h3-6,11-12H,7-8,17H2,1-2H3,(H,18,19). The summed E-state index contributed by atoms with van der Waals surface area (Å²) >= 11 is 3.38. The molecule has 1 saturated carbocycles. The van der Waals surface area contributed by atoms with Crippen molar-refractivity contribution in [2.24, 2.45) is 17.1 Å².